The molecule has 9 rings (SSSR count). The molecular weight excluding hydrogens is 877 g/mol. The van der Waals surface area contributed by atoms with E-state index in [1.807, 2.05) is 36.5 Å². The predicted molar refractivity (Wildman–Crippen MR) is 255 cm³/mol. The fraction of sp³-hybridized carbons (Fsp3) is 0.417. The second kappa shape index (κ2) is 19.5. The number of carbonyl (C=O) groups excluding carboxylic acids is 3. The van der Waals surface area contributed by atoms with E-state index in [1.165, 1.54) is 16.5 Å². The van der Waals surface area contributed by atoms with Crippen LogP contribution in [0.3, 0.4) is 0 Å². The maximum Gasteiger partial charge on any atom is 0.255 e. The maximum atomic E-state index is 15.1. The highest BCUT2D eigenvalue weighted by atomic mass is 31.2. The minimum Gasteiger partial charge on any atom is -0.494 e. The van der Waals surface area contributed by atoms with Crippen LogP contribution >= 0.6 is 7.14 Å². The molecule has 3 fully saturated rings. The van der Waals surface area contributed by atoms with Gasteiger partial charge in [0.25, 0.3) is 5.91 Å². The number of aryl methyl sites for hydroxylation is 1. The quantitative estimate of drug-likeness (QED) is 0.0881. The average molecular weight is 934 g/mol. The Hall–Kier alpha value is -6.36. The summed E-state index contributed by atoms with van der Waals surface area (Å²) in [5.74, 6) is -0.243. The number of piperidine rings is 2. The van der Waals surface area contributed by atoms with E-state index in [-0.39, 0.29) is 36.6 Å². The van der Waals surface area contributed by atoms with Crippen LogP contribution < -0.4 is 35.6 Å². The van der Waals surface area contributed by atoms with Gasteiger partial charge in [0.05, 0.1) is 24.7 Å². The molecule has 5 aromatic rings. The van der Waals surface area contributed by atoms with Gasteiger partial charge in [-0.3, -0.25) is 29.5 Å². The Morgan fingerprint density at radius 2 is 1.70 bits per heavy atom. The summed E-state index contributed by atoms with van der Waals surface area (Å²) in [6.07, 6.45) is 8.52. The van der Waals surface area contributed by atoms with Gasteiger partial charge in [0.15, 0.2) is 17.4 Å². The number of benzene rings is 3. The Kier molecular flexibility index (Phi) is 13.3. The number of amides is 3. The molecule has 4 aliphatic rings. The van der Waals surface area contributed by atoms with Crippen LogP contribution in [0.1, 0.15) is 54.1 Å². The third kappa shape index (κ3) is 9.88. The molecule has 3 N–H and O–H groups in total. The summed E-state index contributed by atoms with van der Waals surface area (Å²) < 4.78 is 41.9. The van der Waals surface area contributed by atoms with Gasteiger partial charge >= 0.3 is 0 Å². The van der Waals surface area contributed by atoms with Crippen molar-refractivity contribution in [2.45, 2.75) is 57.7 Å². The Labute approximate surface area is 389 Å². The number of anilines is 5. The smallest absolute Gasteiger partial charge is 0.255 e. The molecule has 352 valence electrons. The molecule has 0 aliphatic carbocycles. The number of piperazine rings is 1. The van der Waals surface area contributed by atoms with Gasteiger partial charge in [0, 0.05) is 99.8 Å². The van der Waals surface area contributed by atoms with Crippen molar-refractivity contribution in [3.05, 3.63) is 95.7 Å². The summed E-state index contributed by atoms with van der Waals surface area (Å²) >= 11 is 0. The first-order chi connectivity index (χ1) is 32.4. The lowest BCUT2D eigenvalue weighted by Crippen LogP contribution is -2.53. The molecule has 3 amide bonds. The first kappa shape index (κ1) is 45.8. The van der Waals surface area contributed by atoms with Crippen LogP contribution in [0.4, 0.5) is 33.2 Å². The van der Waals surface area contributed by atoms with Crippen LogP contribution in [0.5, 0.6) is 11.5 Å². The zero-order valence-electron chi connectivity index (χ0n) is 38.3. The summed E-state index contributed by atoms with van der Waals surface area (Å²) in [5, 5.41) is 14.3. The largest absolute Gasteiger partial charge is 0.494 e. The molecule has 3 aromatic carbocycles. The van der Waals surface area contributed by atoms with Crippen molar-refractivity contribution in [3.63, 3.8) is 0 Å². The Morgan fingerprint density at radius 3 is 2.42 bits per heavy atom. The van der Waals surface area contributed by atoms with Crippen molar-refractivity contribution < 1.29 is 32.8 Å². The Bertz CT molecular complexity index is 2700. The van der Waals surface area contributed by atoms with Crippen LogP contribution in [0.25, 0.3) is 5.69 Å². The van der Waals surface area contributed by atoms with Crippen LogP contribution in [-0.4, -0.2) is 137 Å². The van der Waals surface area contributed by atoms with Gasteiger partial charge in [-0.05, 0) is 86.5 Å². The first-order valence-corrected chi connectivity index (χ1v) is 25.5. The van der Waals surface area contributed by atoms with E-state index < -0.39 is 30.8 Å². The summed E-state index contributed by atoms with van der Waals surface area (Å²) in [4.78, 5) is 55.5. The number of carbonyl (C=O) groups is 3. The number of aromatic nitrogens is 4. The number of para-hydroxylation sites is 1. The van der Waals surface area contributed by atoms with E-state index >= 15 is 4.39 Å². The second-order valence-electron chi connectivity index (χ2n) is 17.8. The lowest BCUT2D eigenvalue weighted by Gasteiger charge is -2.43. The van der Waals surface area contributed by atoms with Crippen LogP contribution in [0, 0.1) is 5.82 Å². The molecule has 6 heterocycles. The molecule has 17 nitrogen and oxygen atoms in total. The Balaban J connectivity index is 0.785. The monoisotopic (exact) mass is 933 g/mol. The van der Waals surface area contributed by atoms with Gasteiger partial charge in [0.2, 0.25) is 17.8 Å². The molecule has 0 spiro atoms. The molecule has 0 radical (unpaired) electrons. The minimum absolute atomic E-state index is 0.0926. The van der Waals surface area contributed by atoms with Crippen molar-refractivity contribution in [1.29, 1.82) is 0 Å². The van der Waals surface area contributed by atoms with E-state index in [1.54, 1.807) is 43.6 Å². The average Bonchev–Trinajstić information content (AvgIpc) is 3.97. The number of halogens is 1. The molecule has 67 heavy (non-hydrogen) atoms. The van der Waals surface area contributed by atoms with Crippen molar-refractivity contribution >= 4 is 59.0 Å². The number of methoxy groups -OCH3 is 1. The predicted octanol–water partition coefficient (Wildman–Crippen LogP) is 5.53. The van der Waals surface area contributed by atoms with Crippen LogP contribution in [0.15, 0.2) is 73.2 Å². The van der Waals surface area contributed by atoms with E-state index in [0.717, 1.165) is 75.2 Å². The van der Waals surface area contributed by atoms with Gasteiger partial charge in [-0.1, -0.05) is 19.1 Å². The number of nitrogens with zero attached hydrogens (tertiary/aromatic N) is 8. The van der Waals surface area contributed by atoms with E-state index in [0.29, 0.717) is 53.6 Å². The number of imide groups is 1. The molecular formula is C48H57FN11O6P. The van der Waals surface area contributed by atoms with Gasteiger partial charge in [-0.15, -0.1) is 0 Å². The summed E-state index contributed by atoms with van der Waals surface area (Å²) in [5.41, 5.74) is 5.26. The lowest BCUT2D eigenvalue weighted by atomic mass is 9.99. The van der Waals surface area contributed by atoms with Gasteiger partial charge in [-0.2, -0.15) is 10.1 Å². The van der Waals surface area contributed by atoms with Crippen LogP contribution in [-0.2, 0) is 27.1 Å². The molecule has 2 aromatic heterocycles. The number of rotatable bonds is 15. The number of hydrogen-bond donors (Lipinski definition) is 3. The molecule has 19 heteroatoms. The number of fused-ring (bicyclic) bond motifs is 1. The van der Waals surface area contributed by atoms with Crippen molar-refractivity contribution in [1.82, 2.24) is 39.8 Å². The fourth-order valence-electron chi connectivity index (χ4n) is 9.65. The number of ether oxygens (including phenoxy) is 2. The third-order valence-corrected chi connectivity index (χ3v) is 14.8. The van der Waals surface area contributed by atoms with Crippen molar-refractivity contribution in [3.8, 4) is 17.2 Å². The normalized spacial score (nSPS) is 18.5. The number of nitrogens with one attached hydrogen (secondary N) is 3. The highest BCUT2D eigenvalue weighted by Crippen LogP contribution is 2.40. The second-order valence-corrected chi connectivity index (χ2v) is 21.0. The zero-order chi connectivity index (χ0) is 46.8. The molecule has 4 aliphatic heterocycles. The van der Waals surface area contributed by atoms with E-state index in [9.17, 15) is 18.9 Å². The summed E-state index contributed by atoms with van der Waals surface area (Å²) in [6.45, 7) is 12.3. The summed E-state index contributed by atoms with van der Waals surface area (Å²) in [7, 11) is -0.938. The SMILES string of the molecule is CCc1cc(Nc2ncc(-n3cccn3)c(Nc3ccccc3P(C)(C)=O)n2)c(OC)cc1N1CCC(N2CCN(CCOc3cc4c(cc3F)C(=O)N(C3CCC(=O)NC3=O)C4)CC2)CC1. The maximum absolute atomic E-state index is 15.1. The number of hydrogen-bond acceptors (Lipinski definition) is 14. The fourth-order valence-corrected chi connectivity index (χ4v) is 10.8. The lowest BCUT2D eigenvalue weighted by molar-refractivity contribution is -0.136. The first-order valence-electron chi connectivity index (χ1n) is 22.9. The topological polar surface area (TPSA) is 179 Å². The van der Waals surface area contributed by atoms with Crippen molar-refractivity contribution in [2.75, 3.05) is 88.4 Å². The molecule has 0 saturated carbocycles. The highest BCUT2D eigenvalue weighted by molar-refractivity contribution is 7.70. The van der Waals surface area contributed by atoms with Crippen LogP contribution in [0.2, 0.25) is 0 Å². The minimum atomic E-state index is -2.61. The van der Waals surface area contributed by atoms with Gasteiger partial charge in [-0.25, -0.2) is 14.1 Å². The molecule has 3 saturated heterocycles. The molecule has 1 unspecified atom stereocenters. The van der Waals surface area contributed by atoms with E-state index in [4.69, 9.17) is 14.5 Å². The summed E-state index contributed by atoms with van der Waals surface area (Å²) in [6, 6.07) is 16.1. The zero-order valence-corrected chi connectivity index (χ0v) is 39.2. The van der Waals surface area contributed by atoms with Crippen molar-refractivity contribution in [2.24, 2.45) is 0 Å². The Morgan fingerprint density at radius 1 is 0.910 bits per heavy atom. The van der Waals surface area contributed by atoms with E-state index in [2.05, 4.69) is 59.8 Å². The highest BCUT2D eigenvalue weighted by Gasteiger charge is 2.40. The van der Waals surface area contributed by atoms with Gasteiger partial charge < -0.3 is 34.5 Å². The standard InChI is InChI=1S/C48H57FN11O6P/c1-5-31-25-37(53-48-50-29-40(60-16-8-15-51-60)45(55-48)52-36-9-6-7-10-43(36)67(3,4)64)42(65-2)28-39(31)58-17-13-33(14-18-58)57-21-19-56(20-22-57)23-24-66-41-26-32-30-59(47(63)34(32)27-35(41)49)38-11-12-44(61)54-46(38)62/h6-10,15-16,25-29,33,38H,5,11-14,17-24,30H2,1-4H3,(H,54,61,62)(H2,50,52,53,55). The van der Waals surface area contributed by atoms with Gasteiger partial charge in [0.1, 0.15) is 31.2 Å². The third-order valence-electron chi connectivity index (χ3n) is 13.3. The molecule has 1 atom stereocenters. The molecule has 0 bridgehead atoms.